The van der Waals surface area contributed by atoms with Gasteiger partial charge in [-0.25, -0.2) is 0 Å². The van der Waals surface area contributed by atoms with Gasteiger partial charge >= 0.3 is 0 Å². The maximum absolute atomic E-state index is 12.8. The molecule has 1 aliphatic rings. The zero-order valence-corrected chi connectivity index (χ0v) is 20.6. The van der Waals surface area contributed by atoms with Gasteiger partial charge in [-0.05, 0) is 55.5 Å². The normalized spacial score (nSPS) is 15.1. The Kier molecular flexibility index (Phi) is 8.24. The molecule has 1 amide bonds. The number of thioether (sulfide) groups is 1. The molecule has 2 aromatic carbocycles. The van der Waals surface area contributed by atoms with E-state index in [1.54, 1.807) is 6.33 Å². The molecule has 1 aromatic heterocycles. The lowest BCUT2D eigenvalue weighted by Gasteiger charge is -2.38. The summed E-state index contributed by atoms with van der Waals surface area (Å²) in [5.74, 6) is 1.13. The molecule has 4 rings (SSSR count). The number of benzene rings is 2. The van der Waals surface area contributed by atoms with Gasteiger partial charge in [0.05, 0.1) is 18.0 Å². The minimum absolute atomic E-state index is 0.0138. The fourth-order valence-electron chi connectivity index (χ4n) is 4.38. The van der Waals surface area contributed by atoms with E-state index < -0.39 is 0 Å². The molecule has 0 radical (unpaired) electrons. The predicted octanol–water partition coefficient (Wildman–Crippen LogP) is 4.19. The van der Waals surface area contributed by atoms with Gasteiger partial charge in [-0.3, -0.25) is 9.36 Å². The van der Waals surface area contributed by atoms with Crippen molar-refractivity contribution < 1.29 is 14.3 Å². The Morgan fingerprint density at radius 3 is 2.65 bits per heavy atom. The lowest BCUT2D eigenvalue weighted by molar-refractivity contribution is -0.119. The second-order valence-corrected chi connectivity index (χ2v) is 9.32. The van der Waals surface area contributed by atoms with E-state index in [1.165, 1.54) is 22.9 Å². The highest BCUT2D eigenvalue weighted by atomic mass is 32.2. The summed E-state index contributed by atoms with van der Waals surface area (Å²) in [6, 6.07) is 16.4. The van der Waals surface area contributed by atoms with Crippen LogP contribution >= 0.6 is 11.8 Å². The summed E-state index contributed by atoms with van der Waals surface area (Å²) in [5.41, 5.74) is 3.34. The van der Waals surface area contributed by atoms with Gasteiger partial charge in [0.1, 0.15) is 12.1 Å². The molecule has 1 saturated heterocycles. The predicted molar refractivity (Wildman–Crippen MR) is 134 cm³/mol. The number of aromatic nitrogens is 3. The van der Waals surface area contributed by atoms with E-state index in [-0.39, 0.29) is 17.1 Å². The summed E-state index contributed by atoms with van der Waals surface area (Å²) < 4.78 is 13.2. The quantitative estimate of drug-likeness (QED) is 0.439. The number of aryl methyl sites for hydroxylation is 1. The molecule has 1 fully saturated rings. The highest BCUT2D eigenvalue weighted by molar-refractivity contribution is 7.99. The number of carbonyl (C=O) groups is 1. The van der Waals surface area contributed by atoms with Crippen molar-refractivity contribution in [3.05, 3.63) is 66.0 Å². The first-order valence-corrected chi connectivity index (χ1v) is 12.8. The molecule has 180 valence electrons. The lowest BCUT2D eigenvalue weighted by Crippen LogP contribution is -2.45. The van der Waals surface area contributed by atoms with Gasteiger partial charge in [0.2, 0.25) is 5.91 Å². The van der Waals surface area contributed by atoms with Crippen molar-refractivity contribution >= 4 is 17.7 Å². The number of ether oxygens (including phenoxy) is 2. The smallest absolute Gasteiger partial charge is 0.230 e. The van der Waals surface area contributed by atoms with E-state index in [0.29, 0.717) is 31.5 Å². The minimum Gasteiger partial charge on any atom is -0.494 e. The fraction of sp³-hybridized carbons (Fsp3) is 0.423. The Hall–Kier alpha value is -2.84. The average molecular weight is 481 g/mol. The van der Waals surface area contributed by atoms with Crippen molar-refractivity contribution in [2.24, 2.45) is 0 Å². The van der Waals surface area contributed by atoms with Gasteiger partial charge in [-0.15, -0.1) is 10.2 Å². The highest BCUT2D eigenvalue weighted by Gasteiger charge is 2.35. The molecular formula is C26H32N4O3S. The summed E-state index contributed by atoms with van der Waals surface area (Å²) in [6.45, 7) is 6.71. The molecule has 0 aliphatic carbocycles. The van der Waals surface area contributed by atoms with Crippen LogP contribution in [0.4, 0.5) is 0 Å². The third-order valence-corrected chi connectivity index (χ3v) is 7.28. The number of hydrogen-bond donors (Lipinski definition) is 1. The summed E-state index contributed by atoms with van der Waals surface area (Å²) in [5, 5.41) is 12.2. The number of amides is 1. The topological polar surface area (TPSA) is 78.3 Å². The van der Waals surface area contributed by atoms with Crippen LogP contribution in [0, 0.1) is 0 Å². The molecule has 0 saturated carbocycles. The van der Waals surface area contributed by atoms with Crippen LogP contribution < -0.4 is 10.1 Å². The second-order valence-electron chi connectivity index (χ2n) is 8.38. The van der Waals surface area contributed by atoms with E-state index in [2.05, 4.69) is 46.7 Å². The molecule has 1 aliphatic heterocycles. The van der Waals surface area contributed by atoms with Crippen molar-refractivity contribution in [3.63, 3.8) is 0 Å². The molecule has 0 unspecified atom stereocenters. The zero-order chi connectivity index (χ0) is 23.8. The first-order chi connectivity index (χ1) is 16.6. The van der Waals surface area contributed by atoms with Gasteiger partial charge in [0, 0.05) is 25.2 Å². The third-order valence-electron chi connectivity index (χ3n) is 6.33. The number of carbonyl (C=O) groups excluding carboxylic acids is 1. The van der Waals surface area contributed by atoms with Crippen LogP contribution in [0.2, 0.25) is 0 Å². The van der Waals surface area contributed by atoms with E-state index in [0.717, 1.165) is 30.7 Å². The van der Waals surface area contributed by atoms with Gasteiger partial charge < -0.3 is 14.8 Å². The van der Waals surface area contributed by atoms with E-state index >= 15 is 0 Å². The van der Waals surface area contributed by atoms with E-state index in [9.17, 15) is 4.79 Å². The standard InChI is InChI=1S/C26H32N4O3S/c1-3-20-7-5-6-8-23(20)30-19-28-29-25(30)34-17-24(31)27-18-26(13-15-32-16-14-26)21-9-11-22(12-10-21)33-4-2/h5-12,19H,3-4,13-18H2,1-2H3,(H,27,31). The molecule has 2 heterocycles. The molecule has 8 heteroatoms. The zero-order valence-electron chi connectivity index (χ0n) is 19.8. The number of hydrogen-bond acceptors (Lipinski definition) is 6. The first-order valence-electron chi connectivity index (χ1n) is 11.8. The van der Waals surface area contributed by atoms with Crippen molar-refractivity contribution in [1.29, 1.82) is 0 Å². The highest BCUT2D eigenvalue weighted by Crippen LogP contribution is 2.35. The number of nitrogens with zero attached hydrogens (tertiary/aromatic N) is 3. The largest absolute Gasteiger partial charge is 0.494 e. The summed E-state index contributed by atoms with van der Waals surface area (Å²) >= 11 is 1.40. The Morgan fingerprint density at radius 2 is 1.91 bits per heavy atom. The van der Waals surface area contributed by atoms with Crippen molar-refractivity contribution in [3.8, 4) is 11.4 Å². The first kappa shape index (κ1) is 24.3. The minimum atomic E-state index is -0.136. The van der Waals surface area contributed by atoms with Crippen molar-refractivity contribution in [2.45, 2.75) is 43.7 Å². The van der Waals surface area contributed by atoms with Crippen LogP contribution in [0.5, 0.6) is 5.75 Å². The van der Waals surface area contributed by atoms with Gasteiger partial charge in [-0.1, -0.05) is 49.0 Å². The van der Waals surface area contributed by atoms with E-state index in [1.807, 2.05) is 35.8 Å². The number of nitrogens with one attached hydrogen (secondary N) is 1. The maximum Gasteiger partial charge on any atom is 0.230 e. The Morgan fingerprint density at radius 1 is 1.15 bits per heavy atom. The van der Waals surface area contributed by atoms with Gasteiger partial charge in [0.15, 0.2) is 5.16 Å². The van der Waals surface area contributed by atoms with Crippen LogP contribution in [0.25, 0.3) is 5.69 Å². The number of rotatable bonds is 10. The Bertz CT molecular complexity index is 1080. The second kappa shape index (κ2) is 11.5. The summed E-state index contributed by atoms with van der Waals surface area (Å²) in [7, 11) is 0. The molecule has 0 spiro atoms. The maximum atomic E-state index is 12.8. The van der Waals surface area contributed by atoms with Crippen LogP contribution in [0.15, 0.2) is 60.0 Å². The molecule has 7 nitrogen and oxygen atoms in total. The monoisotopic (exact) mass is 480 g/mol. The summed E-state index contributed by atoms with van der Waals surface area (Å²) in [6.07, 6.45) is 4.36. The Labute approximate surface area is 205 Å². The molecule has 1 N–H and O–H groups in total. The van der Waals surface area contributed by atoms with Crippen LogP contribution in [0.1, 0.15) is 37.8 Å². The molecule has 0 bridgehead atoms. The van der Waals surface area contributed by atoms with E-state index in [4.69, 9.17) is 9.47 Å². The Balaban J connectivity index is 1.40. The SMILES string of the molecule is CCOc1ccc(C2(CNC(=O)CSc3nncn3-c3ccccc3CC)CCOCC2)cc1. The van der Waals surface area contributed by atoms with Crippen LogP contribution in [-0.2, 0) is 21.4 Å². The molecular weight excluding hydrogens is 448 g/mol. The average Bonchev–Trinajstić information content (AvgIpc) is 3.36. The molecule has 0 atom stereocenters. The molecule has 34 heavy (non-hydrogen) atoms. The van der Waals surface area contributed by atoms with Gasteiger partial charge in [0.25, 0.3) is 0 Å². The lowest BCUT2D eigenvalue weighted by atomic mass is 9.74. The van der Waals surface area contributed by atoms with Crippen molar-refractivity contribution in [1.82, 2.24) is 20.1 Å². The summed E-state index contributed by atoms with van der Waals surface area (Å²) in [4.78, 5) is 12.8. The third kappa shape index (κ3) is 5.62. The fourth-order valence-corrected chi connectivity index (χ4v) is 5.13. The van der Waals surface area contributed by atoms with Crippen molar-refractivity contribution in [2.75, 3.05) is 32.1 Å². The van der Waals surface area contributed by atoms with Crippen LogP contribution in [-0.4, -0.2) is 52.8 Å². The van der Waals surface area contributed by atoms with Crippen LogP contribution in [0.3, 0.4) is 0 Å². The molecule has 3 aromatic rings. The number of para-hydroxylation sites is 1. The van der Waals surface area contributed by atoms with Gasteiger partial charge in [-0.2, -0.15) is 0 Å².